The molecule has 1 aliphatic rings. The molecule has 2 aromatic rings. The van der Waals surface area contributed by atoms with Crippen LogP contribution in [0.15, 0.2) is 16.8 Å². The van der Waals surface area contributed by atoms with Gasteiger partial charge in [-0.25, -0.2) is 4.98 Å². The summed E-state index contributed by atoms with van der Waals surface area (Å²) in [7, 11) is 0. The van der Waals surface area contributed by atoms with Crippen LogP contribution in [0.2, 0.25) is 0 Å². The molecule has 0 saturated heterocycles. The monoisotopic (exact) mass is 269 g/mol. The van der Waals surface area contributed by atoms with Gasteiger partial charge >= 0.3 is 0 Å². The van der Waals surface area contributed by atoms with E-state index in [1.54, 1.807) is 11.3 Å². The number of nitrogens with two attached hydrogens (primary N) is 1. The van der Waals surface area contributed by atoms with Gasteiger partial charge < -0.3 is 5.73 Å². The van der Waals surface area contributed by atoms with Crippen molar-refractivity contribution in [2.24, 2.45) is 0 Å². The zero-order chi connectivity index (χ0) is 13.2. The minimum atomic E-state index is 0.379. The second-order valence-corrected chi connectivity index (χ2v) is 5.64. The van der Waals surface area contributed by atoms with Crippen LogP contribution in [0, 0.1) is 11.3 Å². The number of fused-ring (bicyclic) bond motifs is 1. The van der Waals surface area contributed by atoms with Crippen molar-refractivity contribution < 1.29 is 0 Å². The highest BCUT2D eigenvalue weighted by Gasteiger charge is 2.21. The lowest BCUT2D eigenvalue weighted by molar-refractivity contribution is 0.709. The molecule has 0 aromatic carbocycles. The number of anilines is 1. The fourth-order valence-corrected chi connectivity index (χ4v) is 3.42. The van der Waals surface area contributed by atoms with Gasteiger partial charge in [-0.05, 0) is 53.6 Å². The molecule has 0 spiro atoms. The predicted octanol–water partition coefficient (Wildman–Crippen LogP) is 3.53. The van der Waals surface area contributed by atoms with Crippen molar-refractivity contribution >= 4 is 17.2 Å². The topological polar surface area (TPSA) is 62.7 Å². The SMILES string of the molecule is N#Cc1c(N)nc2c(c1-c1ccsc1)CCCCC2. The fourth-order valence-electron chi connectivity index (χ4n) is 2.78. The van der Waals surface area contributed by atoms with E-state index < -0.39 is 0 Å². The van der Waals surface area contributed by atoms with E-state index in [4.69, 9.17) is 5.73 Å². The third kappa shape index (κ3) is 2.11. The fraction of sp³-hybridized carbons (Fsp3) is 0.333. The second-order valence-electron chi connectivity index (χ2n) is 4.86. The Kier molecular flexibility index (Phi) is 3.22. The van der Waals surface area contributed by atoms with Crippen molar-refractivity contribution in [3.05, 3.63) is 33.6 Å². The van der Waals surface area contributed by atoms with E-state index in [0.29, 0.717) is 11.4 Å². The van der Waals surface area contributed by atoms with Crippen LogP contribution in [-0.4, -0.2) is 4.98 Å². The van der Waals surface area contributed by atoms with Gasteiger partial charge in [-0.15, -0.1) is 0 Å². The maximum atomic E-state index is 9.40. The Balaban J connectivity index is 2.30. The van der Waals surface area contributed by atoms with Crippen LogP contribution in [-0.2, 0) is 12.8 Å². The molecule has 0 fully saturated rings. The highest BCUT2D eigenvalue weighted by molar-refractivity contribution is 7.08. The number of nitriles is 1. The molecule has 0 aliphatic heterocycles. The Hall–Kier alpha value is -1.86. The molecule has 3 nitrogen and oxygen atoms in total. The molecule has 1 aliphatic carbocycles. The minimum absolute atomic E-state index is 0.379. The van der Waals surface area contributed by atoms with Crippen LogP contribution >= 0.6 is 11.3 Å². The van der Waals surface area contributed by atoms with Gasteiger partial charge in [0.15, 0.2) is 0 Å². The minimum Gasteiger partial charge on any atom is -0.383 e. The summed E-state index contributed by atoms with van der Waals surface area (Å²) in [5, 5.41) is 13.5. The van der Waals surface area contributed by atoms with Crippen LogP contribution in [0.4, 0.5) is 5.82 Å². The molecule has 0 radical (unpaired) electrons. The third-order valence-electron chi connectivity index (χ3n) is 3.67. The van der Waals surface area contributed by atoms with E-state index in [2.05, 4.69) is 22.5 Å². The number of aromatic nitrogens is 1. The van der Waals surface area contributed by atoms with Gasteiger partial charge in [-0.2, -0.15) is 16.6 Å². The molecular weight excluding hydrogens is 254 g/mol. The number of aryl methyl sites for hydroxylation is 1. The molecule has 2 heterocycles. The first-order chi connectivity index (χ1) is 9.31. The molecule has 3 rings (SSSR count). The number of nitrogens with zero attached hydrogens (tertiary/aromatic N) is 2. The van der Waals surface area contributed by atoms with Crippen molar-refractivity contribution in [2.45, 2.75) is 32.1 Å². The average molecular weight is 269 g/mol. The summed E-state index contributed by atoms with van der Waals surface area (Å²) in [6.07, 6.45) is 5.53. The van der Waals surface area contributed by atoms with E-state index >= 15 is 0 Å². The maximum Gasteiger partial charge on any atom is 0.142 e. The van der Waals surface area contributed by atoms with Crippen molar-refractivity contribution in [3.63, 3.8) is 0 Å². The van der Waals surface area contributed by atoms with E-state index in [9.17, 15) is 5.26 Å². The standard InChI is InChI=1S/C15H15N3S/c16-8-12-14(10-6-7-19-9-10)11-4-2-1-3-5-13(11)18-15(12)17/h6-7,9H,1-5H2,(H2,17,18). The molecule has 96 valence electrons. The quantitative estimate of drug-likeness (QED) is 0.805. The van der Waals surface area contributed by atoms with Crippen LogP contribution in [0.5, 0.6) is 0 Å². The Labute approximate surface area is 116 Å². The molecular formula is C15H15N3S. The van der Waals surface area contributed by atoms with Crippen molar-refractivity contribution in [3.8, 4) is 17.2 Å². The van der Waals surface area contributed by atoms with Gasteiger partial charge in [0, 0.05) is 11.3 Å². The van der Waals surface area contributed by atoms with Crippen LogP contribution in [0.3, 0.4) is 0 Å². The zero-order valence-electron chi connectivity index (χ0n) is 10.6. The number of hydrogen-bond donors (Lipinski definition) is 1. The summed E-state index contributed by atoms with van der Waals surface area (Å²) in [5.74, 6) is 0.379. The summed E-state index contributed by atoms with van der Waals surface area (Å²) in [5.41, 5.74) is 11.0. The number of nitrogen functional groups attached to an aromatic ring is 1. The lowest BCUT2D eigenvalue weighted by Gasteiger charge is -2.14. The van der Waals surface area contributed by atoms with Gasteiger partial charge in [-0.1, -0.05) is 6.42 Å². The molecule has 0 saturated carbocycles. The molecule has 2 aromatic heterocycles. The van der Waals surface area contributed by atoms with Gasteiger partial charge in [-0.3, -0.25) is 0 Å². The van der Waals surface area contributed by atoms with Crippen LogP contribution in [0.25, 0.3) is 11.1 Å². The summed E-state index contributed by atoms with van der Waals surface area (Å²) >= 11 is 1.64. The van der Waals surface area contributed by atoms with E-state index in [-0.39, 0.29) is 0 Å². The summed E-state index contributed by atoms with van der Waals surface area (Å²) in [6, 6.07) is 4.30. The Morgan fingerprint density at radius 1 is 1.26 bits per heavy atom. The number of thiophene rings is 1. The lowest BCUT2D eigenvalue weighted by Crippen LogP contribution is -2.06. The molecule has 2 N–H and O–H groups in total. The highest BCUT2D eigenvalue weighted by atomic mass is 32.1. The number of pyridine rings is 1. The van der Waals surface area contributed by atoms with Gasteiger partial charge in [0.05, 0.1) is 0 Å². The third-order valence-corrected chi connectivity index (χ3v) is 4.36. The Morgan fingerprint density at radius 3 is 2.84 bits per heavy atom. The maximum absolute atomic E-state index is 9.40. The number of hydrogen-bond acceptors (Lipinski definition) is 4. The second kappa shape index (κ2) is 5.02. The first kappa shape index (κ1) is 12.2. The Bertz CT molecular complexity index is 638. The van der Waals surface area contributed by atoms with Crippen molar-refractivity contribution in [1.82, 2.24) is 4.98 Å². The summed E-state index contributed by atoms with van der Waals surface area (Å²) in [6.45, 7) is 0. The smallest absolute Gasteiger partial charge is 0.142 e. The first-order valence-corrected chi connectivity index (χ1v) is 7.49. The normalized spacial score (nSPS) is 14.5. The van der Waals surface area contributed by atoms with Gasteiger partial charge in [0.2, 0.25) is 0 Å². The van der Waals surface area contributed by atoms with Crippen LogP contribution in [0.1, 0.15) is 36.1 Å². The van der Waals surface area contributed by atoms with Crippen molar-refractivity contribution in [2.75, 3.05) is 5.73 Å². The zero-order valence-corrected chi connectivity index (χ0v) is 11.5. The molecule has 0 atom stereocenters. The van der Waals surface area contributed by atoms with E-state index in [1.165, 1.54) is 18.4 Å². The molecule has 19 heavy (non-hydrogen) atoms. The summed E-state index contributed by atoms with van der Waals surface area (Å²) < 4.78 is 0. The molecule has 0 amide bonds. The largest absolute Gasteiger partial charge is 0.383 e. The summed E-state index contributed by atoms with van der Waals surface area (Å²) in [4.78, 5) is 4.47. The molecule has 4 heteroatoms. The van der Waals surface area contributed by atoms with Gasteiger partial charge in [0.25, 0.3) is 0 Å². The molecule has 0 bridgehead atoms. The predicted molar refractivity (Wildman–Crippen MR) is 77.9 cm³/mol. The lowest BCUT2D eigenvalue weighted by atomic mass is 9.93. The number of rotatable bonds is 1. The van der Waals surface area contributed by atoms with E-state index in [1.807, 2.05) is 5.38 Å². The van der Waals surface area contributed by atoms with Crippen LogP contribution < -0.4 is 5.73 Å². The molecule has 0 unspecified atom stereocenters. The first-order valence-electron chi connectivity index (χ1n) is 6.55. The Morgan fingerprint density at radius 2 is 2.11 bits per heavy atom. The van der Waals surface area contributed by atoms with E-state index in [0.717, 1.165) is 36.1 Å². The van der Waals surface area contributed by atoms with Crippen molar-refractivity contribution in [1.29, 1.82) is 5.26 Å². The average Bonchev–Trinajstić information content (AvgIpc) is 2.83. The highest BCUT2D eigenvalue weighted by Crippen LogP contribution is 2.36. The van der Waals surface area contributed by atoms with Gasteiger partial charge in [0.1, 0.15) is 17.5 Å².